The molecule has 0 fully saturated rings. The molecule has 1 amide bonds. The van der Waals surface area contributed by atoms with E-state index in [2.05, 4.69) is 37.9 Å². The number of carbonyl (C=O) groups excluding carboxylic acids is 1. The van der Waals surface area contributed by atoms with Crippen LogP contribution in [0.5, 0.6) is 11.5 Å². The van der Waals surface area contributed by atoms with Crippen LogP contribution in [0.2, 0.25) is 0 Å². The SMILES string of the molecule is CC(C)N(CCNC(=O)c1ccc(O)c(O)c1)C(C)C. The number of carbonyl (C=O) groups is 1. The minimum absolute atomic E-state index is 0.229. The molecule has 1 rings (SSSR count). The van der Waals surface area contributed by atoms with Crippen LogP contribution in [-0.2, 0) is 0 Å². The fourth-order valence-corrected chi connectivity index (χ4v) is 2.18. The van der Waals surface area contributed by atoms with Crippen LogP contribution in [0.25, 0.3) is 0 Å². The van der Waals surface area contributed by atoms with Crippen molar-refractivity contribution in [3.63, 3.8) is 0 Å². The third kappa shape index (κ3) is 4.42. The van der Waals surface area contributed by atoms with Gasteiger partial charge in [0.2, 0.25) is 0 Å². The molecule has 5 nitrogen and oxygen atoms in total. The summed E-state index contributed by atoms with van der Waals surface area (Å²) in [6, 6.07) is 4.88. The number of benzene rings is 1. The van der Waals surface area contributed by atoms with E-state index in [-0.39, 0.29) is 17.4 Å². The van der Waals surface area contributed by atoms with Crippen molar-refractivity contribution < 1.29 is 15.0 Å². The number of hydrogen-bond acceptors (Lipinski definition) is 4. The van der Waals surface area contributed by atoms with Crippen LogP contribution in [0, 0.1) is 0 Å². The van der Waals surface area contributed by atoms with Crippen LogP contribution in [0.15, 0.2) is 18.2 Å². The van der Waals surface area contributed by atoms with Gasteiger partial charge in [-0.15, -0.1) is 0 Å². The summed E-state index contributed by atoms with van der Waals surface area (Å²) in [5.74, 6) is -0.774. The van der Waals surface area contributed by atoms with Gasteiger partial charge in [-0.1, -0.05) is 0 Å². The van der Waals surface area contributed by atoms with Crippen LogP contribution in [0.3, 0.4) is 0 Å². The summed E-state index contributed by atoms with van der Waals surface area (Å²) in [4.78, 5) is 14.2. The molecule has 0 unspecified atom stereocenters. The van der Waals surface area contributed by atoms with Gasteiger partial charge in [0.15, 0.2) is 11.5 Å². The van der Waals surface area contributed by atoms with Crippen molar-refractivity contribution in [3.8, 4) is 11.5 Å². The topological polar surface area (TPSA) is 72.8 Å². The number of nitrogens with zero attached hydrogens (tertiary/aromatic N) is 1. The number of rotatable bonds is 6. The minimum atomic E-state index is -0.288. The smallest absolute Gasteiger partial charge is 0.251 e. The van der Waals surface area contributed by atoms with Crippen molar-refractivity contribution >= 4 is 5.91 Å². The zero-order chi connectivity index (χ0) is 15.3. The van der Waals surface area contributed by atoms with Crippen molar-refractivity contribution in [3.05, 3.63) is 23.8 Å². The van der Waals surface area contributed by atoms with Crippen LogP contribution in [0.1, 0.15) is 38.1 Å². The maximum absolute atomic E-state index is 11.9. The molecule has 0 heterocycles. The highest BCUT2D eigenvalue weighted by Crippen LogP contribution is 2.24. The summed E-state index contributed by atoms with van der Waals surface area (Å²) in [7, 11) is 0. The Bertz CT molecular complexity index is 450. The summed E-state index contributed by atoms with van der Waals surface area (Å²) in [5.41, 5.74) is 0.334. The highest BCUT2D eigenvalue weighted by atomic mass is 16.3. The summed E-state index contributed by atoms with van der Waals surface area (Å²) >= 11 is 0. The molecule has 1 aromatic rings. The largest absolute Gasteiger partial charge is 0.504 e. The lowest BCUT2D eigenvalue weighted by molar-refractivity contribution is 0.0939. The van der Waals surface area contributed by atoms with Crippen LogP contribution >= 0.6 is 0 Å². The molecule has 0 saturated heterocycles. The summed E-state index contributed by atoms with van der Waals surface area (Å²) in [6.07, 6.45) is 0. The first-order chi connectivity index (χ1) is 9.32. The average molecular weight is 280 g/mol. The van der Waals surface area contributed by atoms with Crippen LogP contribution in [0.4, 0.5) is 0 Å². The fraction of sp³-hybridized carbons (Fsp3) is 0.533. The van der Waals surface area contributed by atoms with Crippen molar-refractivity contribution in [2.45, 2.75) is 39.8 Å². The zero-order valence-electron chi connectivity index (χ0n) is 12.6. The van der Waals surface area contributed by atoms with Crippen LogP contribution < -0.4 is 5.32 Å². The normalized spacial score (nSPS) is 11.3. The third-order valence-electron chi connectivity index (χ3n) is 3.22. The second-order valence-electron chi connectivity index (χ2n) is 5.38. The van der Waals surface area contributed by atoms with Gasteiger partial charge in [-0.3, -0.25) is 9.69 Å². The van der Waals surface area contributed by atoms with Gasteiger partial charge in [0.05, 0.1) is 0 Å². The Labute approximate surface area is 120 Å². The number of amides is 1. The van der Waals surface area contributed by atoms with Crippen molar-refractivity contribution in [1.29, 1.82) is 0 Å². The first-order valence-corrected chi connectivity index (χ1v) is 6.88. The molecule has 0 saturated carbocycles. The Morgan fingerprint density at radius 1 is 1.15 bits per heavy atom. The third-order valence-corrected chi connectivity index (χ3v) is 3.22. The molecule has 112 valence electrons. The molecule has 0 radical (unpaired) electrons. The van der Waals surface area contributed by atoms with Gasteiger partial charge < -0.3 is 15.5 Å². The van der Waals surface area contributed by atoms with E-state index in [0.29, 0.717) is 24.2 Å². The molecule has 3 N–H and O–H groups in total. The standard InChI is InChI=1S/C15H24N2O3/c1-10(2)17(11(3)4)8-7-16-15(20)12-5-6-13(18)14(19)9-12/h5-6,9-11,18-19H,7-8H2,1-4H3,(H,16,20). The van der Waals surface area contributed by atoms with E-state index in [1.165, 1.54) is 18.2 Å². The van der Waals surface area contributed by atoms with E-state index >= 15 is 0 Å². The second kappa shape index (κ2) is 7.14. The number of hydrogen-bond donors (Lipinski definition) is 3. The molecular weight excluding hydrogens is 256 g/mol. The maximum Gasteiger partial charge on any atom is 0.251 e. The van der Waals surface area contributed by atoms with Gasteiger partial charge in [0.1, 0.15) is 0 Å². The molecule has 0 aliphatic rings. The number of phenols is 2. The molecule has 0 aliphatic carbocycles. The molecule has 1 aromatic carbocycles. The van der Waals surface area contributed by atoms with Gasteiger partial charge in [-0.2, -0.15) is 0 Å². The quantitative estimate of drug-likeness (QED) is 0.696. The first-order valence-electron chi connectivity index (χ1n) is 6.88. The predicted octanol–water partition coefficient (Wildman–Crippen LogP) is 1.95. The summed E-state index contributed by atoms with van der Waals surface area (Å²) < 4.78 is 0. The minimum Gasteiger partial charge on any atom is -0.504 e. The Morgan fingerprint density at radius 3 is 2.25 bits per heavy atom. The average Bonchev–Trinajstić information content (AvgIpc) is 2.36. The number of phenolic OH excluding ortho intramolecular Hbond substituents is 2. The lowest BCUT2D eigenvalue weighted by Gasteiger charge is -2.30. The summed E-state index contributed by atoms with van der Waals surface area (Å²) in [6.45, 7) is 9.81. The molecule has 0 aliphatic heterocycles. The van der Waals surface area contributed by atoms with E-state index in [0.717, 1.165) is 6.54 Å². The molecule has 0 aromatic heterocycles. The van der Waals surface area contributed by atoms with Crippen molar-refractivity contribution in [2.24, 2.45) is 0 Å². The van der Waals surface area contributed by atoms with E-state index in [1.807, 2.05) is 0 Å². The van der Waals surface area contributed by atoms with Crippen LogP contribution in [-0.4, -0.2) is 46.2 Å². The lowest BCUT2D eigenvalue weighted by Crippen LogP contribution is -2.42. The fourth-order valence-electron chi connectivity index (χ4n) is 2.18. The van der Waals surface area contributed by atoms with Gasteiger partial charge in [-0.05, 0) is 45.9 Å². The van der Waals surface area contributed by atoms with Crippen molar-refractivity contribution in [2.75, 3.05) is 13.1 Å². The van der Waals surface area contributed by atoms with E-state index < -0.39 is 0 Å². The van der Waals surface area contributed by atoms with Gasteiger partial charge in [0.25, 0.3) is 5.91 Å². The molecule has 5 heteroatoms. The first kappa shape index (κ1) is 16.3. The Morgan fingerprint density at radius 2 is 1.75 bits per heavy atom. The lowest BCUT2D eigenvalue weighted by atomic mass is 10.2. The Balaban J connectivity index is 2.53. The maximum atomic E-state index is 11.9. The zero-order valence-corrected chi connectivity index (χ0v) is 12.6. The molecule has 0 spiro atoms. The van der Waals surface area contributed by atoms with E-state index in [9.17, 15) is 15.0 Å². The summed E-state index contributed by atoms with van der Waals surface area (Å²) in [5, 5.41) is 21.4. The van der Waals surface area contributed by atoms with E-state index in [4.69, 9.17) is 0 Å². The predicted molar refractivity (Wildman–Crippen MR) is 79.1 cm³/mol. The monoisotopic (exact) mass is 280 g/mol. The van der Waals surface area contributed by atoms with E-state index in [1.54, 1.807) is 0 Å². The van der Waals surface area contributed by atoms with Gasteiger partial charge >= 0.3 is 0 Å². The molecular formula is C15H24N2O3. The highest BCUT2D eigenvalue weighted by Gasteiger charge is 2.14. The second-order valence-corrected chi connectivity index (χ2v) is 5.38. The Kier molecular flexibility index (Phi) is 5.82. The molecule has 0 bridgehead atoms. The van der Waals surface area contributed by atoms with Gasteiger partial charge in [0, 0.05) is 30.7 Å². The number of nitrogens with one attached hydrogen (secondary N) is 1. The molecule has 20 heavy (non-hydrogen) atoms. The number of aromatic hydroxyl groups is 2. The Hall–Kier alpha value is -1.75. The van der Waals surface area contributed by atoms with Gasteiger partial charge in [-0.25, -0.2) is 0 Å². The highest BCUT2D eigenvalue weighted by molar-refractivity contribution is 5.94. The van der Waals surface area contributed by atoms with Crippen molar-refractivity contribution in [1.82, 2.24) is 10.2 Å². The molecule has 0 atom stereocenters.